The van der Waals surface area contributed by atoms with Crippen LogP contribution in [0.15, 0.2) is 10.7 Å². The highest BCUT2D eigenvalue weighted by molar-refractivity contribution is 9.10. The molecule has 1 aliphatic rings. The van der Waals surface area contributed by atoms with E-state index in [9.17, 15) is 0 Å². The van der Waals surface area contributed by atoms with Gasteiger partial charge in [0.15, 0.2) is 0 Å². The van der Waals surface area contributed by atoms with Crippen molar-refractivity contribution in [2.45, 2.75) is 63.9 Å². The number of hydrogen-bond acceptors (Lipinski definition) is 3. The Balaban J connectivity index is 2.20. The summed E-state index contributed by atoms with van der Waals surface area (Å²) in [6, 6.07) is 0. The lowest BCUT2D eigenvalue weighted by molar-refractivity contribution is 0.0654. The van der Waals surface area contributed by atoms with Crippen LogP contribution in [0.4, 0.5) is 0 Å². The van der Waals surface area contributed by atoms with Gasteiger partial charge >= 0.3 is 0 Å². The van der Waals surface area contributed by atoms with Crippen LogP contribution < -0.4 is 0 Å². The molecule has 19 heavy (non-hydrogen) atoms. The van der Waals surface area contributed by atoms with Gasteiger partial charge in [-0.25, -0.2) is 9.97 Å². The van der Waals surface area contributed by atoms with Gasteiger partial charge in [-0.15, -0.1) is 0 Å². The average Bonchev–Trinajstić information content (AvgIpc) is 2.38. The summed E-state index contributed by atoms with van der Waals surface area (Å²) in [5.41, 5.74) is 1.17. The zero-order valence-corrected chi connectivity index (χ0v) is 13.8. The van der Waals surface area contributed by atoms with Crippen molar-refractivity contribution in [1.82, 2.24) is 9.97 Å². The topological polar surface area (TPSA) is 35.0 Å². The first-order valence-corrected chi connectivity index (χ1v) is 7.77. The smallest absolute Gasteiger partial charge is 0.133 e. The summed E-state index contributed by atoms with van der Waals surface area (Å²) < 4.78 is 6.48. The predicted octanol–water partition coefficient (Wildman–Crippen LogP) is 4.21. The summed E-state index contributed by atoms with van der Waals surface area (Å²) in [5.74, 6) is 1.46. The summed E-state index contributed by atoms with van der Waals surface area (Å²) in [7, 11) is 1.81. The molecule has 1 aromatic rings. The highest BCUT2D eigenvalue weighted by Crippen LogP contribution is 2.36. The highest BCUT2D eigenvalue weighted by Gasteiger charge is 2.26. The molecule has 0 saturated heterocycles. The van der Waals surface area contributed by atoms with Crippen LogP contribution in [0.3, 0.4) is 0 Å². The Morgan fingerprint density at radius 2 is 1.84 bits per heavy atom. The molecule has 0 amide bonds. The number of hydrogen-bond donors (Lipinski definition) is 0. The molecule has 0 bridgehead atoms. The van der Waals surface area contributed by atoms with E-state index < -0.39 is 0 Å². The Morgan fingerprint density at radius 3 is 2.37 bits per heavy atom. The SMILES string of the molecule is CO[C@H]1CC[C@@H](c2nc(C(C)(C)C)ncc2Br)CC1. The quantitative estimate of drug-likeness (QED) is 0.816. The minimum Gasteiger partial charge on any atom is -0.381 e. The van der Waals surface area contributed by atoms with Crippen LogP contribution >= 0.6 is 15.9 Å². The third kappa shape index (κ3) is 3.54. The van der Waals surface area contributed by atoms with Crippen molar-refractivity contribution >= 4 is 15.9 Å². The van der Waals surface area contributed by atoms with Gasteiger partial charge in [0.25, 0.3) is 0 Å². The Morgan fingerprint density at radius 1 is 1.21 bits per heavy atom. The van der Waals surface area contributed by atoms with E-state index in [1.165, 1.54) is 5.69 Å². The fraction of sp³-hybridized carbons (Fsp3) is 0.733. The normalized spacial score (nSPS) is 24.5. The molecule has 1 heterocycles. The van der Waals surface area contributed by atoms with E-state index in [-0.39, 0.29) is 5.41 Å². The molecule has 0 aliphatic heterocycles. The fourth-order valence-corrected chi connectivity index (χ4v) is 3.11. The first kappa shape index (κ1) is 14.9. The maximum Gasteiger partial charge on any atom is 0.133 e. The molecule has 3 nitrogen and oxygen atoms in total. The summed E-state index contributed by atoms with van der Waals surface area (Å²) in [6.45, 7) is 6.46. The van der Waals surface area contributed by atoms with Gasteiger partial charge in [-0.3, -0.25) is 0 Å². The lowest BCUT2D eigenvalue weighted by atomic mass is 9.85. The highest BCUT2D eigenvalue weighted by atomic mass is 79.9. The summed E-state index contributed by atoms with van der Waals surface area (Å²) >= 11 is 3.61. The predicted molar refractivity (Wildman–Crippen MR) is 80.4 cm³/mol. The summed E-state index contributed by atoms with van der Waals surface area (Å²) in [6.07, 6.45) is 6.89. The van der Waals surface area contributed by atoms with Crippen LogP contribution in [0.1, 0.15) is 63.9 Å². The Hall–Kier alpha value is -0.480. The number of rotatable bonds is 2. The third-order valence-electron chi connectivity index (χ3n) is 3.84. The molecule has 0 N–H and O–H groups in total. The molecule has 0 unspecified atom stereocenters. The van der Waals surface area contributed by atoms with Crippen LogP contribution in [0.25, 0.3) is 0 Å². The van der Waals surface area contributed by atoms with Crippen molar-refractivity contribution in [3.8, 4) is 0 Å². The van der Waals surface area contributed by atoms with E-state index in [1.807, 2.05) is 13.3 Å². The van der Waals surface area contributed by atoms with E-state index in [1.54, 1.807) is 0 Å². The average molecular weight is 327 g/mol. The van der Waals surface area contributed by atoms with E-state index >= 15 is 0 Å². The molecule has 1 aliphatic carbocycles. The maximum absolute atomic E-state index is 5.44. The molecule has 0 radical (unpaired) electrons. The Kier molecular flexibility index (Phi) is 4.62. The van der Waals surface area contributed by atoms with E-state index in [0.717, 1.165) is 36.0 Å². The zero-order valence-electron chi connectivity index (χ0n) is 12.2. The molecular formula is C15H23BrN2O. The number of aromatic nitrogens is 2. The molecular weight excluding hydrogens is 304 g/mol. The van der Waals surface area contributed by atoms with Crippen LogP contribution in [-0.2, 0) is 10.2 Å². The molecule has 1 fully saturated rings. The fourth-order valence-electron chi connectivity index (χ4n) is 2.60. The van der Waals surface area contributed by atoms with Crippen LogP contribution in [0, 0.1) is 0 Å². The molecule has 4 heteroatoms. The van der Waals surface area contributed by atoms with Crippen molar-refractivity contribution in [1.29, 1.82) is 0 Å². The van der Waals surface area contributed by atoms with E-state index in [4.69, 9.17) is 9.72 Å². The Labute approximate surface area is 124 Å². The molecule has 0 atom stereocenters. The first-order chi connectivity index (χ1) is 8.91. The number of halogens is 1. The van der Waals surface area contributed by atoms with Gasteiger partial charge in [-0.05, 0) is 41.6 Å². The van der Waals surface area contributed by atoms with E-state index in [0.29, 0.717) is 12.0 Å². The number of ether oxygens (including phenoxy) is 1. The van der Waals surface area contributed by atoms with Crippen molar-refractivity contribution in [3.05, 3.63) is 22.2 Å². The van der Waals surface area contributed by atoms with E-state index in [2.05, 4.69) is 41.7 Å². The van der Waals surface area contributed by atoms with Gasteiger partial charge in [0.1, 0.15) is 5.82 Å². The van der Waals surface area contributed by atoms with Gasteiger partial charge in [-0.2, -0.15) is 0 Å². The monoisotopic (exact) mass is 326 g/mol. The van der Waals surface area contributed by atoms with Crippen LogP contribution in [-0.4, -0.2) is 23.2 Å². The lowest BCUT2D eigenvalue weighted by Gasteiger charge is -2.28. The molecule has 0 aromatic carbocycles. The van der Waals surface area contributed by atoms with Crippen molar-refractivity contribution < 1.29 is 4.74 Å². The lowest BCUT2D eigenvalue weighted by Crippen LogP contribution is -2.22. The third-order valence-corrected chi connectivity index (χ3v) is 4.45. The largest absolute Gasteiger partial charge is 0.381 e. The van der Waals surface area contributed by atoms with Gasteiger partial charge in [0.2, 0.25) is 0 Å². The van der Waals surface area contributed by atoms with Gasteiger partial charge in [0, 0.05) is 24.6 Å². The molecule has 1 aromatic heterocycles. The van der Waals surface area contributed by atoms with Gasteiger partial charge < -0.3 is 4.74 Å². The molecule has 2 rings (SSSR count). The molecule has 106 valence electrons. The second-order valence-corrected chi connectivity index (χ2v) is 7.24. The summed E-state index contributed by atoms with van der Waals surface area (Å²) in [5, 5.41) is 0. The number of methoxy groups -OCH3 is 1. The minimum absolute atomic E-state index is 0.000812. The Bertz CT molecular complexity index is 434. The van der Waals surface area contributed by atoms with Crippen molar-refractivity contribution in [2.75, 3.05) is 7.11 Å². The minimum atomic E-state index is -0.000812. The standard InChI is InChI=1S/C15H23BrN2O/c1-15(2,3)14-17-9-12(16)13(18-14)10-5-7-11(19-4)8-6-10/h9-11H,5-8H2,1-4H3/t10-,11+. The zero-order chi connectivity index (χ0) is 14.0. The van der Waals surface area contributed by atoms with Gasteiger partial charge in [-0.1, -0.05) is 20.8 Å². The number of nitrogens with zero attached hydrogens (tertiary/aromatic N) is 2. The molecule has 0 spiro atoms. The van der Waals surface area contributed by atoms with Crippen molar-refractivity contribution in [2.24, 2.45) is 0 Å². The second kappa shape index (κ2) is 5.88. The first-order valence-electron chi connectivity index (χ1n) is 6.97. The van der Waals surface area contributed by atoms with Crippen LogP contribution in [0.5, 0.6) is 0 Å². The van der Waals surface area contributed by atoms with Crippen LogP contribution in [0.2, 0.25) is 0 Å². The van der Waals surface area contributed by atoms with Gasteiger partial charge in [0.05, 0.1) is 16.3 Å². The van der Waals surface area contributed by atoms with Crippen molar-refractivity contribution in [3.63, 3.8) is 0 Å². The molecule has 1 saturated carbocycles. The second-order valence-electron chi connectivity index (χ2n) is 6.39. The summed E-state index contributed by atoms with van der Waals surface area (Å²) in [4.78, 5) is 9.27. The maximum atomic E-state index is 5.44.